The van der Waals surface area contributed by atoms with Crippen molar-refractivity contribution in [3.05, 3.63) is 47.7 Å². The molecule has 1 aliphatic heterocycles. The first-order valence-corrected chi connectivity index (χ1v) is 10.7. The minimum atomic E-state index is -3.48. The molecule has 3 aromatic rings. The number of hydrogen-bond donors (Lipinski definition) is 2. The molecule has 0 radical (unpaired) electrons. The molecule has 8 heteroatoms. The molecule has 1 aliphatic rings. The monoisotopic (exact) mass is 400 g/mol. The van der Waals surface area contributed by atoms with Gasteiger partial charge in [-0.15, -0.1) is 0 Å². The van der Waals surface area contributed by atoms with E-state index in [1.165, 1.54) is 0 Å². The van der Waals surface area contributed by atoms with E-state index in [2.05, 4.69) is 10.3 Å². The lowest BCUT2D eigenvalue weighted by Gasteiger charge is -2.43. The van der Waals surface area contributed by atoms with Crippen LogP contribution < -0.4 is 5.32 Å². The standard InChI is InChI=1S/C20H24N4O3S/c1-12-17(27-13(2)22-12)14-8-16-9-15(6-7-24(16)10-14)20(5)11-28(25,26)19(3,4)18(21)23-20/h6-10H,11H2,1-5H3,(H2,21,23). The van der Waals surface area contributed by atoms with E-state index in [1.807, 2.05) is 55.8 Å². The Morgan fingerprint density at radius 3 is 2.57 bits per heavy atom. The van der Waals surface area contributed by atoms with Crippen molar-refractivity contribution in [1.82, 2.24) is 14.7 Å². The fourth-order valence-electron chi connectivity index (χ4n) is 3.71. The van der Waals surface area contributed by atoms with Gasteiger partial charge in [0.2, 0.25) is 0 Å². The Hall–Kier alpha value is -2.61. The molecule has 0 amide bonds. The highest BCUT2D eigenvalue weighted by molar-refractivity contribution is 7.93. The van der Waals surface area contributed by atoms with E-state index in [0.717, 1.165) is 28.1 Å². The number of aromatic nitrogens is 2. The molecular formula is C20H24N4O3S. The summed E-state index contributed by atoms with van der Waals surface area (Å²) in [7, 11) is -3.48. The van der Waals surface area contributed by atoms with E-state index in [-0.39, 0.29) is 11.6 Å². The number of pyridine rings is 1. The van der Waals surface area contributed by atoms with Crippen LogP contribution in [0.2, 0.25) is 0 Å². The van der Waals surface area contributed by atoms with Gasteiger partial charge in [-0.05, 0) is 51.5 Å². The summed E-state index contributed by atoms with van der Waals surface area (Å²) >= 11 is 0. The van der Waals surface area contributed by atoms with E-state index in [4.69, 9.17) is 9.83 Å². The van der Waals surface area contributed by atoms with Gasteiger partial charge < -0.3 is 14.1 Å². The Labute approximate surface area is 164 Å². The van der Waals surface area contributed by atoms with Crippen LogP contribution in [0, 0.1) is 19.3 Å². The molecule has 28 heavy (non-hydrogen) atoms. The molecule has 1 atom stereocenters. The van der Waals surface area contributed by atoms with Crippen LogP contribution in [0.3, 0.4) is 0 Å². The summed E-state index contributed by atoms with van der Waals surface area (Å²) in [6.07, 6.45) is 3.86. The van der Waals surface area contributed by atoms with Crippen molar-refractivity contribution >= 4 is 21.2 Å². The van der Waals surface area contributed by atoms with Crippen molar-refractivity contribution in [2.24, 2.45) is 0 Å². The third-order valence-electron chi connectivity index (χ3n) is 5.66. The number of sulfone groups is 1. The fraction of sp³-hybridized carbons (Fsp3) is 0.400. The Balaban J connectivity index is 1.78. The second-order valence-corrected chi connectivity index (χ2v) is 10.8. The molecule has 3 aromatic heterocycles. The van der Waals surface area contributed by atoms with Crippen molar-refractivity contribution in [1.29, 1.82) is 5.41 Å². The van der Waals surface area contributed by atoms with E-state index in [9.17, 15) is 8.42 Å². The highest BCUT2D eigenvalue weighted by atomic mass is 32.2. The molecule has 1 unspecified atom stereocenters. The van der Waals surface area contributed by atoms with Gasteiger partial charge in [-0.3, -0.25) is 5.41 Å². The maximum atomic E-state index is 12.8. The number of hydrogen-bond acceptors (Lipinski definition) is 5. The lowest BCUT2D eigenvalue weighted by molar-refractivity contribution is 0.442. The van der Waals surface area contributed by atoms with Crippen LogP contribution in [0.1, 0.15) is 37.9 Å². The zero-order valence-electron chi connectivity index (χ0n) is 16.6. The summed E-state index contributed by atoms with van der Waals surface area (Å²) in [6, 6.07) is 5.84. The molecule has 0 bridgehead atoms. The summed E-state index contributed by atoms with van der Waals surface area (Å²) in [5, 5.41) is 11.4. The van der Waals surface area contributed by atoms with Crippen LogP contribution in [-0.4, -0.2) is 34.1 Å². The van der Waals surface area contributed by atoms with E-state index >= 15 is 0 Å². The Morgan fingerprint density at radius 1 is 1.25 bits per heavy atom. The smallest absolute Gasteiger partial charge is 0.192 e. The van der Waals surface area contributed by atoms with Gasteiger partial charge in [-0.2, -0.15) is 0 Å². The Kier molecular flexibility index (Phi) is 3.81. The van der Waals surface area contributed by atoms with Gasteiger partial charge in [0.05, 0.1) is 17.0 Å². The van der Waals surface area contributed by atoms with Gasteiger partial charge >= 0.3 is 0 Å². The van der Waals surface area contributed by atoms with Crippen molar-refractivity contribution in [3.8, 4) is 11.3 Å². The second kappa shape index (κ2) is 5.70. The second-order valence-electron chi connectivity index (χ2n) is 8.23. The molecule has 0 spiro atoms. The minimum Gasteiger partial charge on any atom is -0.441 e. The maximum absolute atomic E-state index is 12.8. The quantitative estimate of drug-likeness (QED) is 0.688. The van der Waals surface area contributed by atoms with Crippen molar-refractivity contribution in [3.63, 3.8) is 0 Å². The summed E-state index contributed by atoms with van der Waals surface area (Å²) in [5.74, 6) is 1.30. The van der Waals surface area contributed by atoms with Crippen molar-refractivity contribution < 1.29 is 12.8 Å². The summed E-state index contributed by atoms with van der Waals surface area (Å²) in [4.78, 5) is 4.32. The largest absolute Gasteiger partial charge is 0.441 e. The molecule has 2 N–H and O–H groups in total. The lowest BCUT2D eigenvalue weighted by Crippen LogP contribution is -2.63. The number of nitrogens with one attached hydrogen (secondary N) is 2. The molecule has 0 aromatic carbocycles. The summed E-state index contributed by atoms with van der Waals surface area (Å²) in [6.45, 7) is 8.69. The van der Waals surface area contributed by atoms with Gasteiger partial charge in [0.1, 0.15) is 10.6 Å². The molecule has 1 fully saturated rings. The molecular weight excluding hydrogens is 376 g/mol. The summed E-state index contributed by atoms with van der Waals surface area (Å²) < 4.78 is 32.1. The van der Waals surface area contributed by atoms with Gasteiger partial charge in [0.25, 0.3) is 0 Å². The van der Waals surface area contributed by atoms with E-state index in [1.54, 1.807) is 13.8 Å². The third-order valence-corrected chi connectivity index (χ3v) is 8.38. The highest BCUT2D eigenvalue weighted by Gasteiger charge is 2.50. The van der Waals surface area contributed by atoms with Crippen molar-refractivity contribution in [2.75, 3.05) is 5.75 Å². The highest BCUT2D eigenvalue weighted by Crippen LogP contribution is 2.35. The first-order valence-electron chi connectivity index (χ1n) is 9.09. The van der Waals surface area contributed by atoms with Gasteiger partial charge in [-0.1, -0.05) is 0 Å². The molecule has 4 rings (SSSR count). The minimum absolute atomic E-state index is 0.0185. The zero-order valence-corrected chi connectivity index (χ0v) is 17.4. The Bertz CT molecular complexity index is 1220. The van der Waals surface area contributed by atoms with E-state index in [0.29, 0.717) is 5.89 Å². The summed E-state index contributed by atoms with van der Waals surface area (Å²) in [5.41, 5.74) is 2.61. The molecule has 4 heterocycles. The van der Waals surface area contributed by atoms with Crippen molar-refractivity contribution in [2.45, 2.75) is 44.9 Å². The number of nitrogens with zero attached hydrogens (tertiary/aromatic N) is 2. The molecule has 0 aliphatic carbocycles. The lowest BCUT2D eigenvalue weighted by atomic mass is 9.93. The van der Waals surface area contributed by atoms with Crippen LogP contribution in [0.5, 0.6) is 0 Å². The zero-order chi connectivity index (χ0) is 20.5. The number of oxazole rings is 1. The Morgan fingerprint density at radius 2 is 1.96 bits per heavy atom. The van der Waals surface area contributed by atoms with Crippen LogP contribution in [0.15, 0.2) is 35.0 Å². The normalized spacial score (nSPS) is 23.7. The van der Waals surface area contributed by atoms with Gasteiger partial charge in [0, 0.05) is 30.4 Å². The van der Waals surface area contributed by atoms with Crippen LogP contribution in [-0.2, 0) is 15.4 Å². The van der Waals surface area contributed by atoms with E-state index < -0.39 is 20.1 Å². The average molecular weight is 401 g/mol. The predicted octanol–water partition coefficient (Wildman–Crippen LogP) is 3.20. The average Bonchev–Trinajstić information content (AvgIpc) is 3.14. The van der Waals surface area contributed by atoms with Gasteiger partial charge in [-0.25, -0.2) is 13.4 Å². The third kappa shape index (κ3) is 2.66. The number of rotatable bonds is 2. The molecule has 0 saturated carbocycles. The fourth-order valence-corrected chi connectivity index (χ4v) is 5.43. The van der Waals surface area contributed by atoms with Gasteiger partial charge in [0.15, 0.2) is 21.5 Å². The molecule has 148 valence electrons. The predicted molar refractivity (Wildman–Crippen MR) is 108 cm³/mol. The first-order chi connectivity index (χ1) is 12.9. The number of fused-ring (bicyclic) bond motifs is 1. The van der Waals surface area contributed by atoms with Crippen LogP contribution in [0.4, 0.5) is 0 Å². The number of amidine groups is 1. The van der Waals surface area contributed by atoms with Crippen LogP contribution in [0.25, 0.3) is 16.8 Å². The molecule has 1 saturated heterocycles. The maximum Gasteiger partial charge on any atom is 0.192 e. The topological polar surface area (TPSA) is 100 Å². The van der Waals surface area contributed by atoms with Crippen LogP contribution >= 0.6 is 0 Å². The molecule has 7 nitrogen and oxygen atoms in total. The first kappa shape index (κ1) is 18.7. The number of aryl methyl sites for hydroxylation is 2. The SMILES string of the molecule is Cc1nc(C)c(-c2cc3cc(C4(C)CS(=O)(=O)C(C)(C)C(=N)N4)ccn3c2)o1.